The molecule has 1 aromatic rings. The first-order valence-electron chi connectivity index (χ1n) is 4.81. The molecule has 0 aliphatic rings. The molecular weight excluding hydrogens is 216 g/mol. The molecule has 0 saturated carbocycles. The molecule has 0 radical (unpaired) electrons. The Bertz CT molecular complexity index is 369. The average Bonchev–Trinajstić information content (AvgIpc) is 2.27. The van der Waals surface area contributed by atoms with Crippen molar-refractivity contribution >= 4 is 0 Å². The van der Waals surface area contributed by atoms with Gasteiger partial charge in [-0.05, 0) is 24.1 Å². The molecule has 0 aliphatic heterocycles. The van der Waals surface area contributed by atoms with E-state index in [2.05, 4.69) is 0 Å². The lowest BCUT2D eigenvalue weighted by atomic mass is 10.00. The first-order chi connectivity index (χ1) is 7.42. The zero-order chi connectivity index (χ0) is 12.3. The van der Waals surface area contributed by atoms with Gasteiger partial charge in [0.15, 0.2) is 0 Å². The average molecular weight is 231 g/mol. The maximum atomic E-state index is 13.1. The van der Waals surface area contributed by atoms with E-state index in [1.54, 1.807) is 13.0 Å². The van der Waals surface area contributed by atoms with Crippen LogP contribution < -0.4 is 10.5 Å². The van der Waals surface area contributed by atoms with Crippen molar-refractivity contribution in [3.63, 3.8) is 0 Å². The highest BCUT2D eigenvalue weighted by Crippen LogP contribution is 2.31. The van der Waals surface area contributed by atoms with Crippen molar-refractivity contribution in [1.29, 1.82) is 0 Å². The number of halogens is 2. The van der Waals surface area contributed by atoms with E-state index in [0.29, 0.717) is 5.75 Å². The predicted octanol–water partition coefficient (Wildman–Crippen LogP) is 1.63. The summed E-state index contributed by atoms with van der Waals surface area (Å²) >= 11 is 0. The maximum absolute atomic E-state index is 13.1. The molecule has 1 atom stereocenters. The summed E-state index contributed by atoms with van der Waals surface area (Å²) in [6, 6.07) is 3.08. The number of hydrogen-bond acceptors (Lipinski definition) is 3. The Morgan fingerprint density at radius 3 is 2.56 bits per heavy atom. The van der Waals surface area contributed by atoms with Gasteiger partial charge in [-0.15, -0.1) is 0 Å². The summed E-state index contributed by atoms with van der Waals surface area (Å²) < 4.78 is 31.3. The summed E-state index contributed by atoms with van der Waals surface area (Å²) in [5.41, 5.74) is 6.39. The molecule has 0 heterocycles. The molecule has 3 N–H and O–H groups in total. The van der Waals surface area contributed by atoms with Crippen LogP contribution in [0.15, 0.2) is 18.2 Å². The van der Waals surface area contributed by atoms with Crippen LogP contribution in [0.2, 0.25) is 0 Å². The van der Waals surface area contributed by atoms with Gasteiger partial charge in [0.05, 0.1) is 13.2 Å². The molecule has 5 heteroatoms. The van der Waals surface area contributed by atoms with E-state index in [-0.39, 0.29) is 5.56 Å². The molecule has 0 aromatic heterocycles. The molecule has 1 rings (SSSR count). The largest absolute Gasteiger partial charge is 0.496 e. The summed E-state index contributed by atoms with van der Waals surface area (Å²) in [6.07, 6.45) is 0. The van der Waals surface area contributed by atoms with Crippen molar-refractivity contribution in [2.75, 3.05) is 13.7 Å². The highest BCUT2D eigenvalue weighted by molar-refractivity contribution is 5.37. The Hall–Kier alpha value is -1.20. The number of aliphatic hydroxyl groups is 1. The minimum Gasteiger partial charge on any atom is -0.496 e. The molecule has 0 amide bonds. The van der Waals surface area contributed by atoms with Crippen molar-refractivity contribution in [2.24, 2.45) is 5.73 Å². The van der Waals surface area contributed by atoms with Crippen molar-refractivity contribution in [2.45, 2.75) is 18.9 Å². The Kier molecular flexibility index (Phi) is 3.83. The van der Waals surface area contributed by atoms with E-state index in [0.717, 1.165) is 5.56 Å². The topological polar surface area (TPSA) is 55.5 Å². The number of benzene rings is 1. The van der Waals surface area contributed by atoms with Crippen LogP contribution in [0.5, 0.6) is 5.75 Å². The highest BCUT2D eigenvalue weighted by Gasteiger charge is 2.37. The minimum atomic E-state index is -3.32. The third-order valence-electron chi connectivity index (χ3n) is 2.44. The lowest BCUT2D eigenvalue weighted by Crippen LogP contribution is -2.36. The van der Waals surface area contributed by atoms with Gasteiger partial charge in [0.2, 0.25) is 0 Å². The monoisotopic (exact) mass is 231 g/mol. The Morgan fingerprint density at radius 1 is 1.50 bits per heavy atom. The van der Waals surface area contributed by atoms with Crippen LogP contribution in [0.1, 0.15) is 17.2 Å². The fraction of sp³-hybridized carbons (Fsp3) is 0.455. The van der Waals surface area contributed by atoms with E-state index in [1.807, 2.05) is 0 Å². The number of aliphatic hydroxyl groups excluding tert-OH is 1. The minimum absolute atomic E-state index is 0.275. The number of rotatable bonds is 4. The van der Waals surface area contributed by atoms with Crippen molar-refractivity contribution in [3.05, 3.63) is 29.3 Å². The Balaban J connectivity index is 3.02. The lowest BCUT2D eigenvalue weighted by molar-refractivity contribution is -0.0711. The van der Waals surface area contributed by atoms with Crippen LogP contribution in [-0.2, 0) is 0 Å². The van der Waals surface area contributed by atoms with Gasteiger partial charge >= 0.3 is 0 Å². The quantitative estimate of drug-likeness (QED) is 0.828. The van der Waals surface area contributed by atoms with Crippen LogP contribution in [0.25, 0.3) is 0 Å². The van der Waals surface area contributed by atoms with Gasteiger partial charge in [-0.1, -0.05) is 12.1 Å². The number of nitrogens with two attached hydrogens (primary N) is 1. The third-order valence-corrected chi connectivity index (χ3v) is 2.44. The smallest absolute Gasteiger partial charge is 0.289 e. The number of methoxy groups -OCH3 is 1. The first kappa shape index (κ1) is 12.9. The van der Waals surface area contributed by atoms with E-state index in [1.165, 1.54) is 19.2 Å². The Labute approximate surface area is 92.8 Å². The second-order valence-electron chi connectivity index (χ2n) is 3.63. The van der Waals surface area contributed by atoms with Crippen LogP contribution >= 0.6 is 0 Å². The van der Waals surface area contributed by atoms with Crippen LogP contribution in [-0.4, -0.2) is 24.7 Å². The summed E-state index contributed by atoms with van der Waals surface area (Å²) in [5, 5.41) is 8.54. The molecule has 0 aliphatic carbocycles. The van der Waals surface area contributed by atoms with E-state index >= 15 is 0 Å². The van der Waals surface area contributed by atoms with Gasteiger partial charge in [0, 0.05) is 0 Å². The molecule has 0 bridgehead atoms. The molecule has 90 valence electrons. The van der Waals surface area contributed by atoms with Crippen LogP contribution in [0.4, 0.5) is 8.78 Å². The third kappa shape index (κ3) is 2.48. The summed E-state index contributed by atoms with van der Waals surface area (Å²) in [4.78, 5) is 0. The standard InChI is InChI=1S/C11H15F2NO2/c1-7-5-8(3-4-9(7)16-2)10(14)11(12,13)6-15/h3-5,10,15H,6,14H2,1-2H3/t10-/m1/s1. The highest BCUT2D eigenvalue weighted by atomic mass is 19.3. The van der Waals surface area contributed by atoms with Crippen LogP contribution in [0.3, 0.4) is 0 Å². The molecule has 0 unspecified atom stereocenters. The Morgan fingerprint density at radius 2 is 2.12 bits per heavy atom. The van der Waals surface area contributed by atoms with Gasteiger partial charge in [0.25, 0.3) is 5.92 Å². The molecule has 16 heavy (non-hydrogen) atoms. The molecule has 0 saturated heterocycles. The van der Waals surface area contributed by atoms with Crippen molar-refractivity contribution in [1.82, 2.24) is 0 Å². The number of aryl methyl sites for hydroxylation is 1. The number of ether oxygens (including phenoxy) is 1. The predicted molar refractivity (Wildman–Crippen MR) is 56.7 cm³/mol. The molecule has 0 fully saturated rings. The van der Waals surface area contributed by atoms with Gasteiger partial charge in [-0.25, -0.2) is 8.78 Å². The normalized spacial score (nSPS) is 13.6. The fourth-order valence-electron chi connectivity index (χ4n) is 1.44. The summed E-state index contributed by atoms with van der Waals surface area (Å²) in [5.74, 6) is -2.70. The summed E-state index contributed by atoms with van der Waals surface area (Å²) in [7, 11) is 1.50. The van der Waals surface area contributed by atoms with Gasteiger partial charge in [-0.3, -0.25) is 0 Å². The van der Waals surface area contributed by atoms with Crippen LogP contribution in [0, 0.1) is 6.92 Å². The SMILES string of the molecule is COc1ccc([C@@H](N)C(F)(F)CO)cc1C. The second kappa shape index (κ2) is 4.76. The molecule has 1 aromatic carbocycles. The van der Waals surface area contributed by atoms with Crippen molar-refractivity contribution < 1.29 is 18.6 Å². The second-order valence-corrected chi connectivity index (χ2v) is 3.63. The fourth-order valence-corrected chi connectivity index (χ4v) is 1.44. The molecular formula is C11H15F2NO2. The zero-order valence-electron chi connectivity index (χ0n) is 9.21. The zero-order valence-corrected chi connectivity index (χ0v) is 9.21. The van der Waals surface area contributed by atoms with Gasteiger partial charge < -0.3 is 15.6 Å². The number of alkyl halides is 2. The lowest BCUT2D eigenvalue weighted by Gasteiger charge is -2.22. The summed E-state index contributed by atoms with van der Waals surface area (Å²) in [6.45, 7) is 0.478. The van der Waals surface area contributed by atoms with E-state index < -0.39 is 18.6 Å². The van der Waals surface area contributed by atoms with E-state index in [4.69, 9.17) is 15.6 Å². The maximum Gasteiger partial charge on any atom is 0.289 e. The van der Waals surface area contributed by atoms with E-state index in [9.17, 15) is 8.78 Å². The van der Waals surface area contributed by atoms with Gasteiger partial charge in [-0.2, -0.15) is 0 Å². The van der Waals surface area contributed by atoms with Gasteiger partial charge in [0.1, 0.15) is 12.4 Å². The molecule has 3 nitrogen and oxygen atoms in total. The van der Waals surface area contributed by atoms with Crippen molar-refractivity contribution in [3.8, 4) is 5.75 Å². The number of hydrogen-bond donors (Lipinski definition) is 2. The molecule has 0 spiro atoms. The first-order valence-corrected chi connectivity index (χ1v) is 4.81.